The second kappa shape index (κ2) is 5.17. The number of fused-ring (bicyclic) bond motifs is 1. The van der Waals surface area contributed by atoms with Crippen LogP contribution in [0, 0.1) is 0 Å². The van der Waals surface area contributed by atoms with Crippen molar-refractivity contribution in [3.63, 3.8) is 0 Å². The summed E-state index contributed by atoms with van der Waals surface area (Å²) in [5.41, 5.74) is 2.64. The topological polar surface area (TPSA) is 35.5 Å². The van der Waals surface area contributed by atoms with Gasteiger partial charge in [-0.05, 0) is 24.6 Å². The molecule has 94 valence electrons. The average molecular weight is 234 g/mol. The molecule has 0 aliphatic carbocycles. The summed E-state index contributed by atoms with van der Waals surface area (Å²) in [4.78, 5) is 2.39. The molecule has 0 saturated heterocycles. The highest BCUT2D eigenvalue weighted by molar-refractivity contribution is 5.30. The maximum Gasteiger partial charge on any atom is 0.0623 e. The lowest BCUT2D eigenvalue weighted by atomic mass is 10.0. The number of hydrogen-bond acceptors (Lipinski definition) is 3. The number of benzene rings is 1. The van der Waals surface area contributed by atoms with Crippen molar-refractivity contribution < 1.29 is 5.11 Å². The molecule has 0 saturated carbocycles. The van der Waals surface area contributed by atoms with Crippen LogP contribution in [0.1, 0.15) is 25.0 Å². The molecule has 0 amide bonds. The Labute approximate surface area is 103 Å². The molecule has 1 unspecified atom stereocenters. The van der Waals surface area contributed by atoms with Crippen molar-refractivity contribution in [1.29, 1.82) is 0 Å². The first kappa shape index (κ1) is 12.6. The Hall–Kier alpha value is -0.900. The summed E-state index contributed by atoms with van der Waals surface area (Å²) in [5, 5.41) is 12.9. The lowest BCUT2D eigenvalue weighted by Crippen LogP contribution is -2.53. The molecule has 1 aromatic carbocycles. The predicted molar refractivity (Wildman–Crippen MR) is 69.7 cm³/mol. The zero-order valence-corrected chi connectivity index (χ0v) is 10.7. The third-order valence-electron chi connectivity index (χ3n) is 3.43. The molecule has 3 heteroatoms. The SMILES string of the molecule is CCNC(C)(CO)CN1Cc2ccccc2C1. The van der Waals surface area contributed by atoms with E-state index in [0.29, 0.717) is 0 Å². The third kappa shape index (κ3) is 2.86. The number of nitrogens with one attached hydrogen (secondary N) is 1. The second-order valence-electron chi connectivity index (χ2n) is 5.16. The van der Waals surface area contributed by atoms with Gasteiger partial charge in [0.25, 0.3) is 0 Å². The number of likely N-dealkylation sites (N-methyl/N-ethyl adjacent to an activating group) is 1. The monoisotopic (exact) mass is 234 g/mol. The summed E-state index contributed by atoms with van der Waals surface area (Å²) < 4.78 is 0. The van der Waals surface area contributed by atoms with Gasteiger partial charge in [-0.25, -0.2) is 0 Å². The van der Waals surface area contributed by atoms with Crippen molar-refractivity contribution in [2.45, 2.75) is 32.5 Å². The number of aliphatic hydroxyl groups excluding tert-OH is 1. The fraction of sp³-hybridized carbons (Fsp3) is 0.571. The van der Waals surface area contributed by atoms with Crippen LogP contribution in [-0.2, 0) is 13.1 Å². The Morgan fingerprint density at radius 2 is 1.88 bits per heavy atom. The zero-order valence-electron chi connectivity index (χ0n) is 10.7. The molecule has 0 bridgehead atoms. The van der Waals surface area contributed by atoms with Gasteiger partial charge in [-0.15, -0.1) is 0 Å². The van der Waals surface area contributed by atoms with Crippen LogP contribution in [0.2, 0.25) is 0 Å². The molecule has 1 atom stereocenters. The molecule has 0 fully saturated rings. The summed E-state index contributed by atoms with van der Waals surface area (Å²) >= 11 is 0. The van der Waals surface area contributed by atoms with Crippen LogP contribution in [0.3, 0.4) is 0 Å². The molecule has 2 rings (SSSR count). The van der Waals surface area contributed by atoms with Crippen molar-refractivity contribution in [2.75, 3.05) is 19.7 Å². The molecule has 1 aliphatic rings. The lowest BCUT2D eigenvalue weighted by Gasteiger charge is -2.32. The van der Waals surface area contributed by atoms with E-state index in [4.69, 9.17) is 0 Å². The van der Waals surface area contributed by atoms with Crippen LogP contribution >= 0.6 is 0 Å². The maximum absolute atomic E-state index is 9.50. The predicted octanol–water partition coefficient (Wildman–Crippen LogP) is 1.36. The average Bonchev–Trinajstić information content (AvgIpc) is 2.71. The van der Waals surface area contributed by atoms with Crippen LogP contribution in [0.25, 0.3) is 0 Å². The van der Waals surface area contributed by atoms with Gasteiger partial charge >= 0.3 is 0 Å². The van der Waals surface area contributed by atoms with Crippen LogP contribution in [0.5, 0.6) is 0 Å². The largest absolute Gasteiger partial charge is 0.394 e. The van der Waals surface area contributed by atoms with Gasteiger partial charge in [0.15, 0.2) is 0 Å². The number of hydrogen-bond donors (Lipinski definition) is 2. The minimum atomic E-state index is -0.198. The minimum Gasteiger partial charge on any atom is -0.394 e. The van der Waals surface area contributed by atoms with Crippen LogP contribution in [0.15, 0.2) is 24.3 Å². The fourth-order valence-electron chi connectivity index (χ4n) is 2.60. The summed E-state index contributed by atoms with van der Waals surface area (Å²) in [6.07, 6.45) is 0. The highest BCUT2D eigenvalue weighted by atomic mass is 16.3. The number of nitrogens with zero attached hydrogens (tertiary/aromatic N) is 1. The molecule has 0 aromatic heterocycles. The van der Waals surface area contributed by atoms with Gasteiger partial charge in [0, 0.05) is 19.6 Å². The summed E-state index contributed by atoms with van der Waals surface area (Å²) in [5.74, 6) is 0. The fourth-order valence-corrected chi connectivity index (χ4v) is 2.60. The molecule has 3 nitrogen and oxygen atoms in total. The molecular weight excluding hydrogens is 212 g/mol. The van der Waals surface area contributed by atoms with Crippen LogP contribution in [-0.4, -0.2) is 35.2 Å². The van der Waals surface area contributed by atoms with E-state index in [1.807, 2.05) is 0 Å². The zero-order chi connectivity index (χ0) is 12.3. The van der Waals surface area contributed by atoms with Crippen molar-refractivity contribution in [1.82, 2.24) is 10.2 Å². The highest BCUT2D eigenvalue weighted by Gasteiger charge is 2.28. The van der Waals surface area contributed by atoms with Crippen LogP contribution < -0.4 is 5.32 Å². The van der Waals surface area contributed by atoms with E-state index in [1.54, 1.807) is 0 Å². The first-order valence-corrected chi connectivity index (χ1v) is 6.32. The van der Waals surface area contributed by atoms with Gasteiger partial charge in [0.2, 0.25) is 0 Å². The standard InChI is InChI=1S/C14H22N2O/c1-3-15-14(2,11-17)10-16-8-12-6-4-5-7-13(12)9-16/h4-7,15,17H,3,8-11H2,1-2H3. The molecular formula is C14H22N2O. The van der Waals surface area contributed by atoms with Gasteiger partial charge in [0.05, 0.1) is 12.1 Å². The second-order valence-corrected chi connectivity index (χ2v) is 5.16. The molecule has 2 N–H and O–H groups in total. The van der Waals surface area contributed by atoms with E-state index >= 15 is 0 Å². The molecule has 0 radical (unpaired) electrons. The first-order valence-electron chi connectivity index (χ1n) is 6.32. The van der Waals surface area contributed by atoms with Crippen molar-refractivity contribution in [3.05, 3.63) is 35.4 Å². The van der Waals surface area contributed by atoms with Gasteiger partial charge in [-0.2, -0.15) is 0 Å². The lowest BCUT2D eigenvalue weighted by molar-refractivity contribution is 0.120. The quantitative estimate of drug-likeness (QED) is 0.807. The Bertz CT molecular complexity index is 355. The highest BCUT2D eigenvalue weighted by Crippen LogP contribution is 2.23. The summed E-state index contributed by atoms with van der Waals surface area (Å²) in [6.45, 7) is 8.10. The molecule has 1 aromatic rings. The molecule has 1 aliphatic heterocycles. The van der Waals surface area contributed by atoms with Gasteiger partial charge in [-0.1, -0.05) is 31.2 Å². The van der Waals surface area contributed by atoms with Crippen molar-refractivity contribution in [3.8, 4) is 0 Å². The Morgan fingerprint density at radius 3 is 2.35 bits per heavy atom. The summed E-state index contributed by atoms with van der Waals surface area (Å²) in [6, 6.07) is 8.58. The minimum absolute atomic E-state index is 0.174. The van der Waals surface area contributed by atoms with E-state index in [9.17, 15) is 5.11 Å². The van der Waals surface area contributed by atoms with Gasteiger partial charge < -0.3 is 10.4 Å². The van der Waals surface area contributed by atoms with E-state index in [2.05, 4.69) is 48.3 Å². The Kier molecular flexibility index (Phi) is 3.82. The summed E-state index contributed by atoms with van der Waals surface area (Å²) in [7, 11) is 0. The van der Waals surface area contributed by atoms with Crippen molar-refractivity contribution >= 4 is 0 Å². The number of rotatable bonds is 5. The van der Waals surface area contributed by atoms with Gasteiger partial charge in [-0.3, -0.25) is 4.90 Å². The Morgan fingerprint density at radius 1 is 1.29 bits per heavy atom. The third-order valence-corrected chi connectivity index (χ3v) is 3.43. The normalized spacial score (nSPS) is 19.0. The van der Waals surface area contributed by atoms with Gasteiger partial charge in [0.1, 0.15) is 0 Å². The van der Waals surface area contributed by atoms with Crippen molar-refractivity contribution in [2.24, 2.45) is 0 Å². The Balaban J connectivity index is 1.99. The smallest absolute Gasteiger partial charge is 0.0623 e. The molecule has 17 heavy (non-hydrogen) atoms. The van der Waals surface area contributed by atoms with E-state index in [0.717, 1.165) is 26.2 Å². The van der Waals surface area contributed by atoms with E-state index in [-0.39, 0.29) is 12.1 Å². The first-order chi connectivity index (χ1) is 8.17. The van der Waals surface area contributed by atoms with E-state index < -0.39 is 0 Å². The molecule has 1 heterocycles. The van der Waals surface area contributed by atoms with Crippen LogP contribution in [0.4, 0.5) is 0 Å². The van der Waals surface area contributed by atoms with E-state index in [1.165, 1.54) is 11.1 Å². The molecule has 0 spiro atoms. The number of aliphatic hydroxyl groups is 1. The maximum atomic E-state index is 9.50.